The molecule has 88 valence electrons. The van der Waals surface area contributed by atoms with E-state index in [1.165, 1.54) is 5.56 Å². The zero-order chi connectivity index (χ0) is 12.4. The fraction of sp³-hybridized carbons (Fsp3) is 0.286. The van der Waals surface area contributed by atoms with Crippen molar-refractivity contribution in [3.8, 4) is 11.4 Å². The van der Waals surface area contributed by atoms with Crippen LogP contribution in [0.3, 0.4) is 0 Å². The Morgan fingerprint density at radius 1 is 1.06 bits per heavy atom. The Morgan fingerprint density at radius 2 is 1.71 bits per heavy atom. The van der Waals surface area contributed by atoms with Gasteiger partial charge in [-0.1, -0.05) is 23.8 Å². The summed E-state index contributed by atoms with van der Waals surface area (Å²) in [7, 11) is 0. The molecule has 2 aromatic rings. The number of aromatic nitrogens is 2. The first-order valence-electron chi connectivity index (χ1n) is 5.64. The van der Waals surface area contributed by atoms with Gasteiger partial charge in [-0.3, -0.25) is 0 Å². The van der Waals surface area contributed by atoms with Crippen LogP contribution in [-0.2, 0) is 6.61 Å². The lowest BCUT2D eigenvalue weighted by molar-refractivity contribution is 0.279. The van der Waals surface area contributed by atoms with E-state index < -0.39 is 0 Å². The van der Waals surface area contributed by atoms with Crippen molar-refractivity contribution in [1.29, 1.82) is 0 Å². The normalized spacial score (nSPS) is 10.6. The molecule has 0 aliphatic rings. The second-order valence-electron chi connectivity index (χ2n) is 4.22. The topological polar surface area (TPSA) is 46.0 Å². The SMILES string of the molecule is Cc1cccc(-c2nc(C)c(CO)c(C)n2)c1. The lowest BCUT2D eigenvalue weighted by atomic mass is 10.1. The van der Waals surface area contributed by atoms with Gasteiger partial charge < -0.3 is 5.11 Å². The number of aliphatic hydroxyl groups is 1. The van der Waals surface area contributed by atoms with Gasteiger partial charge in [0.15, 0.2) is 5.82 Å². The highest BCUT2D eigenvalue weighted by molar-refractivity contribution is 5.56. The van der Waals surface area contributed by atoms with Crippen LogP contribution < -0.4 is 0 Å². The number of hydrogen-bond acceptors (Lipinski definition) is 3. The average Bonchev–Trinajstić information content (AvgIpc) is 2.28. The largest absolute Gasteiger partial charge is 0.392 e. The van der Waals surface area contributed by atoms with Crippen LogP contribution in [0.2, 0.25) is 0 Å². The van der Waals surface area contributed by atoms with Gasteiger partial charge in [0.2, 0.25) is 0 Å². The third-order valence-electron chi connectivity index (χ3n) is 2.86. The summed E-state index contributed by atoms with van der Waals surface area (Å²) >= 11 is 0. The number of aliphatic hydroxyl groups excluding tert-OH is 1. The zero-order valence-electron chi connectivity index (χ0n) is 10.4. The van der Waals surface area contributed by atoms with E-state index in [4.69, 9.17) is 0 Å². The van der Waals surface area contributed by atoms with Crippen LogP contribution in [0.4, 0.5) is 0 Å². The molecule has 17 heavy (non-hydrogen) atoms. The third-order valence-corrected chi connectivity index (χ3v) is 2.86. The lowest BCUT2D eigenvalue weighted by Crippen LogP contribution is -2.02. The van der Waals surface area contributed by atoms with Crippen molar-refractivity contribution in [3.63, 3.8) is 0 Å². The Morgan fingerprint density at radius 3 is 2.24 bits per heavy atom. The first-order chi connectivity index (χ1) is 8.11. The number of benzene rings is 1. The molecule has 0 amide bonds. The van der Waals surface area contributed by atoms with Crippen molar-refractivity contribution >= 4 is 0 Å². The maximum absolute atomic E-state index is 9.22. The molecule has 1 aromatic heterocycles. The van der Waals surface area contributed by atoms with E-state index in [1.54, 1.807) is 0 Å². The van der Waals surface area contributed by atoms with Crippen molar-refractivity contribution in [3.05, 3.63) is 46.8 Å². The highest BCUT2D eigenvalue weighted by atomic mass is 16.3. The van der Waals surface area contributed by atoms with Crippen molar-refractivity contribution in [2.45, 2.75) is 27.4 Å². The van der Waals surface area contributed by atoms with Crippen LogP contribution in [0.1, 0.15) is 22.5 Å². The Bertz CT molecular complexity index is 527. The summed E-state index contributed by atoms with van der Waals surface area (Å²) in [5.74, 6) is 0.723. The first-order valence-corrected chi connectivity index (χ1v) is 5.64. The Balaban J connectivity index is 2.54. The smallest absolute Gasteiger partial charge is 0.159 e. The summed E-state index contributed by atoms with van der Waals surface area (Å²) in [5.41, 5.74) is 4.71. The molecule has 0 aliphatic carbocycles. The predicted octanol–water partition coefficient (Wildman–Crippen LogP) is 2.56. The molecule has 0 spiro atoms. The number of nitrogens with zero attached hydrogens (tertiary/aromatic N) is 2. The summed E-state index contributed by atoms with van der Waals surface area (Å²) in [5, 5.41) is 9.22. The third kappa shape index (κ3) is 2.34. The minimum Gasteiger partial charge on any atom is -0.392 e. The van der Waals surface area contributed by atoms with Crippen LogP contribution in [0, 0.1) is 20.8 Å². The Kier molecular flexibility index (Phi) is 3.20. The summed E-state index contributed by atoms with van der Waals surface area (Å²) in [6.45, 7) is 5.84. The van der Waals surface area contributed by atoms with E-state index in [-0.39, 0.29) is 6.61 Å². The maximum atomic E-state index is 9.22. The van der Waals surface area contributed by atoms with Crippen molar-refractivity contribution < 1.29 is 5.11 Å². The molecule has 0 atom stereocenters. The van der Waals surface area contributed by atoms with Crippen molar-refractivity contribution in [1.82, 2.24) is 9.97 Å². The molecule has 0 saturated heterocycles. The molecule has 3 heteroatoms. The van der Waals surface area contributed by atoms with Crippen LogP contribution >= 0.6 is 0 Å². The predicted molar refractivity (Wildman–Crippen MR) is 67.6 cm³/mol. The molecular formula is C14H16N2O. The van der Waals surface area contributed by atoms with Crippen molar-refractivity contribution in [2.75, 3.05) is 0 Å². The fourth-order valence-corrected chi connectivity index (χ4v) is 1.88. The molecule has 0 fully saturated rings. The molecule has 0 radical (unpaired) electrons. The Labute approximate surface area is 101 Å². The zero-order valence-corrected chi connectivity index (χ0v) is 10.4. The molecule has 0 unspecified atom stereocenters. The van der Waals surface area contributed by atoms with Gasteiger partial charge >= 0.3 is 0 Å². The van der Waals surface area contributed by atoms with Gasteiger partial charge in [-0.25, -0.2) is 9.97 Å². The maximum Gasteiger partial charge on any atom is 0.159 e. The van der Waals surface area contributed by atoms with E-state index in [1.807, 2.05) is 39.0 Å². The Hall–Kier alpha value is -1.74. The molecule has 0 aliphatic heterocycles. The van der Waals surface area contributed by atoms with E-state index in [2.05, 4.69) is 16.0 Å². The molecule has 1 N–H and O–H groups in total. The van der Waals surface area contributed by atoms with Gasteiger partial charge in [0.1, 0.15) is 0 Å². The number of aryl methyl sites for hydroxylation is 3. The summed E-state index contributed by atoms with van der Waals surface area (Å²) < 4.78 is 0. The molecule has 1 heterocycles. The van der Waals surface area contributed by atoms with E-state index in [0.29, 0.717) is 0 Å². The van der Waals surface area contributed by atoms with Crippen LogP contribution in [-0.4, -0.2) is 15.1 Å². The van der Waals surface area contributed by atoms with Gasteiger partial charge in [-0.05, 0) is 26.8 Å². The van der Waals surface area contributed by atoms with Gasteiger partial charge in [0.05, 0.1) is 6.61 Å². The highest BCUT2D eigenvalue weighted by Gasteiger charge is 2.08. The minimum absolute atomic E-state index is 0.00817. The molecule has 3 nitrogen and oxygen atoms in total. The minimum atomic E-state index is -0.00817. The van der Waals surface area contributed by atoms with Gasteiger partial charge in [0, 0.05) is 22.5 Å². The van der Waals surface area contributed by atoms with Crippen LogP contribution in [0.5, 0.6) is 0 Å². The lowest BCUT2D eigenvalue weighted by Gasteiger charge is -2.09. The highest BCUT2D eigenvalue weighted by Crippen LogP contribution is 2.19. The average molecular weight is 228 g/mol. The molecule has 2 rings (SSSR count). The summed E-state index contributed by atoms with van der Waals surface area (Å²) in [4.78, 5) is 8.89. The van der Waals surface area contributed by atoms with Gasteiger partial charge in [-0.15, -0.1) is 0 Å². The quantitative estimate of drug-likeness (QED) is 0.859. The second kappa shape index (κ2) is 4.63. The van der Waals surface area contributed by atoms with Crippen LogP contribution in [0.25, 0.3) is 11.4 Å². The van der Waals surface area contributed by atoms with Crippen LogP contribution in [0.15, 0.2) is 24.3 Å². The standard InChI is InChI=1S/C14H16N2O/c1-9-5-4-6-12(7-9)14-15-10(2)13(8-17)11(3)16-14/h4-7,17H,8H2,1-3H3. The van der Waals surface area contributed by atoms with Crippen molar-refractivity contribution in [2.24, 2.45) is 0 Å². The number of hydrogen-bond donors (Lipinski definition) is 1. The van der Waals surface area contributed by atoms with Gasteiger partial charge in [0.25, 0.3) is 0 Å². The van der Waals surface area contributed by atoms with E-state index >= 15 is 0 Å². The number of rotatable bonds is 2. The molecule has 0 bridgehead atoms. The summed E-state index contributed by atoms with van der Waals surface area (Å²) in [6, 6.07) is 8.11. The van der Waals surface area contributed by atoms with E-state index in [0.717, 1.165) is 28.3 Å². The van der Waals surface area contributed by atoms with E-state index in [9.17, 15) is 5.11 Å². The fourth-order valence-electron chi connectivity index (χ4n) is 1.88. The molecule has 0 saturated carbocycles. The molecule has 1 aromatic carbocycles. The molecular weight excluding hydrogens is 212 g/mol. The second-order valence-corrected chi connectivity index (χ2v) is 4.22. The van der Waals surface area contributed by atoms with Gasteiger partial charge in [-0.2, -0.15) is 0 Å². The first kappa shape index (κ1) is 11.7. The summed E-state index contributed by atoms with van der Waals surface area (Å²) in [6.07, 6.45) is 0. The monoisotopic (exact) mass is 228 g/mol.